The third-order valence-corrected chi connectivity index (χ3v) is 6.33. The molecule has 0 spiro atoms. The molecule has 14 heteroatoms. The van der Waals surface area contributed by atoms with Gasteiger partial charge in [0.2, 0.25) is 0 Å². The normalized spacial score (nSPS) is 26.2. The smallest absolute Gasteiger partial charge is 0.353 e. The van der Waals surface area contributed by atoms with E-state index < -0.39 is 43.0 Å². The van der Waals surface area contributed by atoms with E-state index in [1.165, 1.54) is 12.1 Å². The lowest BCUT2D eigenvalue weighted by atomic mass is 9.61. The standard InChI is InChI=1S/C16H13B2ClFN2O7P/c17-16(18,29-30(25)26-7-8-5-9(20)1-2-11(8)28-30)12-3-4-13(27-12)22-6-10(19)14(23)21-15(22)24/h1-2,5-6,12-13,25H,3-4,7H2/p+1. The molecule has 2 aromatic rings. The summed E-state index contributed by atoms with van der Waals surface area (Å²) in [5, 5.41) is -2.24. The molecule has 154 valence electrons. The number of benzene rings is 1. The molecule has 9 nitrogen and oxygen atoms in total. The van der Waals surface area contributed by atoms with E-state index in [4.69, 9.17) is 45.6 Å². The summed E-state index contributed by atoms with van der Waals surface area (Å²) in [4.78, 5) is 36.1. The Morgan fingerprint density at radius 2 is 2.13 bits per heavy atom. The number of ether oxygens (including phenoxy) is 1. The fraction of sp³-hybridized carbons (Fsp3) is 0.375. The van der Waals surface area contributed by atoms with Crippen LogP contribution >= 0.6 is 19.8 Å². The van der Waals surface area contributed by atoms with Crippen molar-refractivity contribution in [1.82, 2.24) is 9.55 Å². The van der Waals surface area contributed by atoms with Crippen molar-refractivity contribution in [3.63, 3.8) is 0 Å². The van der Waals surface area contributed by atoms with Gasteiger partial charge in [-0.05, 0) is 31.0 Å². The number of hydrogen-bond donors (Lipinski definition) is 2. The van der Waals surface area contributed by atoms with Gasteiger partial charge in [-0.15, -0.1) is 4.52 Å². The number of aromatic nitrogens is 2. The van der Waals surface area contributed by atoms with Gasteiger partial charge in [0.25, 0.3) is 5.56 Å². The van der Waals surface area contributed by atoms with Crippen LogP contribution in [0.15, 0.2) is 34.0 Å². The number of rotatable bonds is 4. The summed E-state index contributed by atoms with van der Waals surface area (Å²) in [7, 11) is 8.05. The second-order valence-electron chi connectivity index (χ2n) is 6.83. The van der Waals surface area contributed by atoms with Gasteiger partial charge in [-0.3, -0.25) is 18.9 Å². The highest BCUT2D eigenvalue weighted by Crippen LogP contribution is 2.63. The van der Waals surface area contributed by atoms with Crippen LogP contribution in [0.3, 0.4) is 0 Å². The highest BCUT2D eigenvalue weighted by atomic mass is 35.5. The van der Waals surface area contributed by atoms with Crippen LogP contribution in [0.4, 0.5) is 4.39 Å². The molecule has 3 atom stereocenters. The Hall–Kier alpha value is -1.68. The molecule has 2 aliphatic heterocycles. The minimum Gasteiger partial charge on any atom is -0.353 e. The lowest BCUT2D eigenvalue weighted by molar-refractivity contribution is -0.0560. The van der Waals surface area contributed by atoms with Gasteiger partial charge in [-0.25, -0.2) is 9.18 Å². The molecule has 0 amide bonds. The van der Waals surface area contributed by atoms with Crippen molar-refractivity contribution in [3.05, 3.63) is 61.6 Å². The fourth-order valence-electron chi connectivity index (χ4n) is 3.19. The van der Waals surface area contributed by atoms with Crippen molar-refractivity contribution in [2.24, 2.45) is 0 Å². The molecule has 1 fully saturated rings. The summed E-state index contributed by atoms with van der Waals surface area (Å²) in [6.07, 6.45) is -0.0896. The summed E-state index contributed by atoms with van der Waals surface area (Å²) in [6.45, 7) is -0.174. The molecule has 0 bridgehead atoms. The highest BCUT2D eigenvalue weighted by Gasteiger charge is 2.56. The van der Waals surface area contributed by atoms with E-state index in [0.29, 0.717) is 12.0 Å². The molecule has 1 aromatic heterocycles. The number of fused-ring (bicyclic) bond motifs is 1. The van der Waals surface area contributed by atoms with Crippen LogP contribution in [0.25, 0.3) is 0 Å². The maximum Gasteiger partial charge on any atom is 0.618 e. The molecule has 3 heterocycles. The second-order valence-corrected chi connectivity index (χ2v) is 8.80. The van der Waals surface area contributed by atoms with E-state index in [2.05, 4.69) is 4.98 Å². The van der Waals surface area contributed by atoms with Crippen molar-refractivity contribution in [3.8, 4) is 5.75 Å². The number of aromatic amines is 1. The number of halogens is 2. The summed E-state index contributed by atoms with van der Waals surface area (Å²) in [5.74, 6) is -0.311. The SMILES string of the molecule is [B]C([B])(O[P+]1(O)OCc2cc(F)ccc2O1)C1CCC(n2cc(Cl)c(=O)[nH]c2=O)O1. The van der Waals surface area contributed by atoms with Gasteiger partial charge in [0.05, 0.1) is 11.5 Å². The maximum absolute atomic E-state index is 13.3. The zero-order chi connectivity index (χ0) is 21.7. The molecule has 0 aliphatic carbocycles. The largest absolute Gasteiger partial charge is 0.618 e. The van der Waals surface area contributed by atoms with Gasteiger partial charge in [0.15, 0.2) is 5.75 Å². The van der Waals surface area contributed by atoms with E-state index >= 15 is 0 Å². The van der Waals surface area contributed by atoms with Crippen LogP contribution in [0, 0.1) is 5.82 Å². The first-order valence-corrected chi connectivity index (χ1v) is 10.6. The van der Waals surface area contributed by atoms with Gasteiger partial charge in [-0.2, -0.15) is 9.42 Å². The van der Waals surface area contributed by atoms with Gasteiger partial charge in [0, 0.05) is 11.8 Å². The van der Waals surface area contributed by atoms with Crippen LogP contribution in [0.2, 0.25) is 5.02 Å². The predicted octanol–water partition coefficient (Wildman–Crippen LogP) is 1.29. The molecular weight excluding hydrogens is 439 g/mol. The number of hydrogen-bond acceptors (Lipinski definition) is 7. The Morgan fingerprint density at radius 3 is 2.90 bits per heavy atom. The molecule has 0 saturated carbocycles. The Labute approximate surface area is 177 Å². The molecule has 4 radical (unpaired) electrons. The van der Waals surface area contributed by atoms with Crippen LogP contribution in [-0.4, -0.2) is 41.6 Å². The first-order valence-electron chi connectivity index (χ1n) is 8.76. The van der Waals surface area contributed by atoms with Gasteiger partial charge in [-0.1, -0.05) is 11.6 Å². The zero-order valence-electron chi connectivity index (χ0n) is 15.3. The Morgan fingerprint density at radius 1 is 1.37 bits per heavy atom. The highest BCUT2D eigenvalue weighted by molar-refractivity contribution is 7.56. The first kappa shape index (κ1) is 21.5. The average molecular weight is 453 g/mol. The summed E-state index contributed by atoms with van der Waals surface area (Å²) in [5.41, 5.74) is -1.06. The summed E-state index contributed by atoms with van der Waals surface area (Å²) in [6, 6.07) is 3.68. The maximum atomic E-state index is 13.3. The van der Waals surface area contributed by atoms with Crippen LogP contribution in [0.5, 0.6) is 5.75 Å². The molecule has 3 unspecified atom stereocenters. The molecule has 4 rings (SSSR count). The van der Waals surface area contributed by atoms with E-state index in [1.54, 1.807) is 0 Å². The summed E-state index contributed by atoms with van der Waals surface area (Å²) >= 11 is 5.77. The molecule has 1 aromatic carbocycles. The average Bonchev–Trinajstić information content (AvgIpc) is 3.15. The topological polar surface area (TPSA) is 112 Å². The van der Waals surface area contributed by atoms with Gasteiger partial charge >= 0.3 is 13.9 Å². The van der Waals surface area contributed by atoms with E-state index in [0.717, 1.165) is 16.8 Å². The van der Waals surface area contributed by atoms with E-state index in [-0.39, 0.29) is 23.8 Å². The number of nitrogens with zero attached hydrogens (tertiary/aromatic N) is 1. The number of nitrogens with one attached hydrogen (secondary N) is 1. The number of H-pyrrole nitrogens is 1. The van der Waals surface area contributed by atoms with Crippen molar-refractivity contribution < 1.29 is 27.6 Å². The van der Waals surface area contributed by atoms with E-state index in [9.17, 15) is 18.9 Å². The quantitative estimate of drug-likeness (QED) is 0.530. The van der Waals surface area contributed by atoms with Crippen molar-refractivity contribution in [2.75, 3.05) is 0 Å². The molecule has 30 heavy (non-hydrogen) atoms. The van der Waals surface area contributed by atoms with E-state index in [1.807, 2.05) is 0 Å². The second kappa shape index (κ2) is 7.78. The van der Waals surface area contributed by atoms with Gasteiger partial charge < -0.3 is 4.74 Å². The predicted molar refractivity (Wildman–Crippen MR) is 106 cm³/mol. The van der Waals surface area contributed by atoms with Crippen molar-refractivity contribution >= 4 is 35.5 Å². The first-order chi connectivity index (χ1) is 14.1. The van der Waals surface area contributed by atoms with Crippen LogP contribution in [-0.2, 0) is 20.4 Å². The fourth-order valence-corrected chi connectivity index (χ4v) is 4.73. The summed E-state index contributed by atoms with van der Waals surface area (Å²) < 4.78 is 36.1. The van der Waals surface area contributed by atoms with Crippen molar-refractivity contribution in [2.45, 2.75) is 37.2 Å². The molecule has 1 saturated heterocycles. The monoisotopic (exact) mass is 453 g/mol. The molecule has 2 N–H and O–H groups in total. The Bertz CT molecular complexity index is 1100. The third kappa shape index (κ3) is 4.21. The third-order valence-electron chi connectivity index (χ3n) is 4.63. The lowest BCUT2D eigenvalue weighted by Gasteiger charge is -2.33. The molecule has 2 aliphatic rings. The molecular formula is C16H14B2ClFN2O7P+. The minimum atomic E-state index is -3.99. The Balaban J connectivity index is 1.48. The lowest BCUT2D eigenvalue weighted by Crippen LogP contribution is -2.47. The van der Waals surface area contributed by atoms with Gasteiger partial charge in [0.1, 0.15) is 39.4 Å². The van der Waals surface area contributed by atoms with Crippen LogP contribution in [0.1, 0.15) is 24.6 Å². The Kier molecular flexibility index (Phi) is 5.59. The van der Waals surface area contributed by atoms with Crippen LogP contribution < -0.4 is 15.8 Å². The zero-order valence-corrected chi connectivity index (χ0v) is 16.9. The minimum absolute atomic E-state index is 0.174. The van der Waals surface area contributed by atoms with Crippen molar-refractivity contribution in [1.29, 1.82) is 0 Å².